The van der Waals surface area contributed by atoms with E-state index in [0.29, 0.717) is 12.3 Å². The molecule has 0 unspecified atom stereocenters. The highest BCUT2D eigenvalue weighted by atomic mass is 16.5. The van der Waals surface area contributed by atoms with Crippen LogP contribution in [0.4, 0.5) is 5.82 Å². The van der Waals surface area contributed by atoms with Crippen LogP contribution in [-0.2, 0) is 11.3 Å². The zero-order valence-corrected chi connectivity index (χ0v) is 18.6. The third-order valence-electron chi connectivity index (χ3n) is 5.06. The Kier molecular flexibility index (Phi) is 8.09. The van der Waals surface area contributed by atoms with E-state index < -0.39 is 0 Å². The van der Waals surface area contributed by atoms with Crippen LogP contribution in [0.5, 0.6) is 5.75 Å². The van der Waals surface area contributed by atoms with Crippen LogP contribution in [0.3, 0.4) is 0 Å². The van der Waals surface area contributed by atoms with Gasteiger partial charge in [0.25, 0.3) is 5.91 Å². The van der Waals surface area contributed by atoms with Crippen LogP contribution in [-0.4, -0.2) is 80.1 Å². The predicted octanol–water partition coefficient (Wildman–Crippen LogP) is 1.84. The van der Waals surface area contributed by atoms with Crippen LogP contribution in [0.2, 0.25) is 0 Å². The fourth-order valence-corrected chi connectivity index (χ4v) is 3.29. The summed E-state index contributed by atoms with van der Waals surface area (Å²) in [5, 5.41) is 3.40. The zero-order chi connectivity index (χ0) is 22.1. The van der Waals surface area contributed by atoms with E-state index >= 15 is 0 Å². The normalized spacial score (nSPS) is 14.4. The number of nitrogens with zero attached hydrogens (tertiary/aromatic N) is 5. The molecule has 1 saturated heterocycles. The Balaban J connectivity index is 1.59. The molecule has 0 radical (unpaired) electrons. The number of nitrogens with one attached hydrogen (secondary N) is 1. The van der Waals surface area contributed by atoms with Crippen molar-refractivity contribution >= 4 is 17.7 Å². The maximum atomic E-state index is 11.7. The van der Waals surface area contributed by atoms with Gasteiger partial charge < -0.3 is 24.8 Å². The van der Waals surface area contributed by atoms with Crippen molar-refractivity contribution in [3.63, 3.8) is 0 Å². The summed E-state index contributed by atoms with van der Waals surface area (Å²) in [7, 11) is 3.44. The third-order valence-corrected chi connectivity index (χ3v) is 5.06. The number of hydrogen-bond donors (Lipinski definition) is 1. The fourth-order valence-electron chi connectivity index (χ4n) is 3.29. The minimum absolute atomic E-state index is 0.0307. The van der Waals surface area contributed by atoms with Crippen LogP contribution in [0.15, 0.2) is 53.7 Å². The molecule has 1 fully saturated rings. The average Bonchev–Trinajstić information content (AvgIpc) is 2.81. The SMILES string of the molecule is CCNC(=NCc1cccc(OCC(=O)N(C)C)c1)N1CCN(c2ccccn2)CC1. The van der Waals surface area contributed by atoms with Crippen LogP contribution < -0.4 is 15.0 Å². The van der Waals surface area contributed by atoms with Crippen molar-refractivity contribution in [1.29, 1.82) is 0 Å². The number of aromatic nitrogens is 1. The van der Waals surface area contributed by atoms with E-state index in [1.807, 2.05) is 42.6 Å². The molecule has 8 nitrogen and oxygen atoms in total. The Bertz CT molecular complexity index is 863. The molecule has 0 spiro atoms. The molecule has 1 aromatic carbocycles. The lowest BCUT2D eigenvalue weighted by Gasteiger charge is -2.37. The van der Waals surface area contributed by atoms with Gasteiger partial charge in [-0.15, -0.1) is 0 Å². The molecule has 1 aliphatic rings. The molecule has 0 aliphatic carbocycles. The molecule has 2 aromatic rings. The third kappa shape index (κ3) is 6.60. The van der Waals surface area contributed by atoms with E-state index in [9.17, 15) is 4.79 Å². The van der Waals surface area contributed by atoms with Crippen LogP contribution in [0.25, 0.3) is 0 Å². The number of piperazine rings is 1. The molecule has 0 atom stereocenters. The molecule has 1 aliphatic heterocycles. The van der Waals surface area contributed by atoms with Gasteiger partial charge >= 0.3 is 0 Å². The number of guanidine groups is 1. The van der Waals surface area contributed by atoms with Crippen LogP contribution in [0, 0.1) is 0 Å². The summed E-state index contributed by atoms with van der Waals surface area (Å²) in [6, 6.07) is 13.8. The molecule has 166 valence electrons. The van der Waals surface area contributed by atoms with Crippen molar-refractivity contribution < 1.29 is 9.53 Å². The number of carbonyl (C=O) groups is 1. The quantitative estimate of drug-likeness (QED) is 0.540. The largest absolute Gasteiger partial charge is 0.484 e. The molecule has 2 heterocycles. The Morgan fingerprint density at radius 3 is 2.65 bits per heavy atom. The summed E-state index contributed by atoms with van der Waals surface area (Å²) in [6.45, 7) is 7.06. The van der Waals surface area contributed by atoms with Crippen LogP contribution in [0.1, 0.15) is 12.5 Å². The highest BCUT2D eigenvalue weighted by Crippen LogP contribution is 2.15. The number of carbonyl (C=O) groups excluding carboxylic acids is 1. The van der Waals surface area contributed by atoms with Gasteiger partial charge in [0.15, 0.2) is 12.6 Å². The molecule has 0 saturated carbocycles. The number of hydrogen-bond acceptors (Lipinski definition) is 5. The lowest BCUT2D eigenvalue weighted by molar-refractivity contribution is -0.130. The van der Waals surface area contributed by atoms with Crippen molar-refractivity contribution in [2.24, 2.45) is 4.99 Å². The number of amides is 1. The van der Waals surface area contributed by atoms with Crippen molar-refractivity contribution in [1.82, 2.24) is 20.1 Å². The van der Waals surface area contributed by atoms with Gasteiger partial charge in [0.2, 0.25) is 0 Å². The van der Waals surface area contributed by atoms with Gasteiger partial charge in [0.05, 0.1) is 6.54 Å². The number of rotatable bonds is 7. The zero-order valence-electron chi connectivity index (χ0n) is 18.6. The average molecular weight is 425 g/mol. The highest BCUT2D eigenvalue weighted by Gasteiger charge is 2.20. The minimum Gasteiger partial charge on any atom is -0.484 e. The summed E-state index contributed by atoms with van der Waals surface area (Å²) in [5.74, 6) is 2.55. The summed E-state index contributed by atoms with van der Waals surface area (Å²) >= 11 is 0. The van der Waals surface area contributed by atoms with Gasteiger partial charge in [-0.25, -0.2) is 9.98 Å². The molecule has 1 aromatic heterocycles. The van der Waals surface area contributed by atoms with Gasteiger partial charge in [0.1, 0.15) is 11.6 Å². The van der Waals surface area contributed by atoms with Gasteiger partial charge in [-0.05, 0) is 36.8 Å². The van der Waals surface area contributed by atoms with Gasteiger partial charge in [0, 0.05) is 53.0 Å². The number of aliphatic imine (C=N–C) groups is 1. The number of likely N-dealkylation sites (N-methyl/N-ethyl adjacent to an activating group) is 1. The van der Waals surface area contributed by atoms with Crippen molar-refractivity contribution in [3.8, 4) is 5.75 Å². The highest BCUT2D eigenvalue weighted by molar-refractivity contribution is 5.80. The Morgan fingerprint density at radius 2 is 1.97 bits per heavy atom. The van der Waals surface area contributed by atoms with E-state index in [4.69, 9.17) is 9.73 Å². The standard InChI is InChI=1S/C23H32N6O2/c1-4-24-23(29-14-12-28(13-15-29)21-10-5-6-11-25-21)26-17-19-8-7-9-20(16-19)31-18-22(30)27(2)3/h5-11,16H,4,12-15,17-18H2,1-3H3,(H,24,26). The van der Waals surface area contributed by atoms with Gasteiger partial charge in [-0.2, -0.15) is 0 Å². The minimum atomic E-state index is -0.0669. The van der Waals surface area contributed by atoms with E-state index in [1.165, 1.54) is 4.90 Å². The second-order valence-electron chi connectivity index (χ2n) is 7.56. The molecule has 31 heavy (non-hydrogen) atoms. The molecule has 0 bridgehead atoms. The first-order valence-electron chi connectivity index (χ1n) is 10.7. The summed E-state index contributed by atoms with van der Waals surface area (Å²) in [6.07, 6.45) is 1.83. The maximum Gasteiger partial charge on any atom is 0.259 e. The topological polar surface area (TPSA) is 73.3 Å². The fraction of sp³-hybridized carbons (Fsp3) is 0.435. The molecule has 1 N–H and O–H groups in total. The lowest BCUT2D eigenvalue weighted by Crippen LogP contribution is -2.52. The van der Waals surface area contributed by atoms with E-state index in [2.05, 4.69) is 33.1 Å². The summed E-state index contributed by atoms with van der Waals surface area (Å²) in [4.78, 5) is 27.1. The van der Waals surface area contributed by atoms with Crippen molar-refractivity contribution in [2.45, 2.75) is 13.5 Å². The molecule has 1 amide bonds. The smallest absolute Gasteiger partial charge is 0.259 e. The molecular weight excluding hydrogens is 392 g/mol. The van der Waals surface area contributed by atoms with Gasteiger partial charge in [-0.1, -0.05) is 18.2 Å². The molecular formula is C23H32N6O2. The summed E-state index contributed by atoms with van der Waals surface area (Å²) in [5.41, 5.74) is 1.04. The lowest BCUT2D eigenvalue weighted by atomic mass is 10.2. The van der Waals surface area contributed by atoms with E-state index in [0.717, 1.165) is 50.1 Å². The van der Waals surface area contributed by atoms with E-state index in [-0.39, 0.29) is 12.5 Å². The summed E-state index contributed by atoms with van der Waals surface area (Å²) < 4.78 is 5.62. The Morgan fingerprint density at radius 1 is 1.16 bits per heavy atom. The first-order valence-corrected chi connectivity index (χ1v) is 10.7. The second kappa shape index (κ2) is 11.2. The van der Waals surface area contributed by atoms with Crippen molar-refractivity contribution in [3.05, 3.63) is 54.2 Å². The molecule has 8 heteroatoms. The first-order chi connectivity index (χ1) is 15.1. The predicted molar refractivity (Wildman–Crippen MR) is 123 cm³/mol. The van der Waals surface area contributed by atoms with Crippen molar-refractivity contribution in [2.75, 3.05) is 58.3 Å². The number of benzene rings is 1. The number of pyridine rings is 1. The number of ether oxygens (including phenoxy) is 1. The monoisotopic (exact) mass is 424 g/mol. The number of anilines is 1. The molecule has 3 rings (SSSR count). The Labute approximate surface area is 184 Å². The van der Waals surface area contributed by atoms with E-state index in [1.54, 1.807) is 14.1 Å². The Hall–Kier alpha value is -3.29. The maximum absolute atomic E-state index is 11.7. The first kappa shape index (κ1) is 22.4. The second-order valence-corrected chi connectivity index (χ2v) is 7.56. The van der Waals surface area contributed by atoms with Gasteiger partial charge in [-0.3, -0.25) is 4.79 Å². The van der Waals surface area contributed by atoms with Crippen LogP contribution >= 0.6 is 0 Å².